The van der Waals surface area contributed by atoms with Gasteiger partial charge < -0.3 is 20.7 Å². The van der Waals surface area contributed by atoms with E-state index in [-0.39, 0.29) is 17.7 Å². The molecule has 0 saturated heterocycles. The predicted molar refractivity (Wildman–Crippen MR) is 120 cm³/mol. The maximum absolute atomic E-state index is 12.8. The molecule has 0 aliphatic rings. The minimum absolute atomic E-state index is 0.0566. The zero-order chi connectivity index (χ0) is 22.1. The van der Waals surface area contributed by atoms with E-state index in [1.165, 1.54) is 5.56 Å². The molecule has 6 heteroatoms. The average Bonchev–Trinajstić information content (AvgIpc) is 2.70. The number of rotatable bonds is 9. The number of nitrogens with zero attached hydrogens (tertiary/aromatic N) is 1. The minimum Gasteiger partial charge on any atom is -0.441 e. The molecule has 6 nitrogen and oxygen atoms in total. The first kappa shape index (κ1) is 23.3. The van der Waals surface area contributed by atoms with Crippen LogP contribution < -0.4 is 11.1 Å². The molecule has 2 amide bonds. The maximum Gasteiger partial charge on any atom is 0.405 e. The Morgan fingerprint density at radius 2 is 1.70 bits per heavy atom. The molecular weight excluding hydrogens is 378 g/mol. The Kier molecular flexibility index (Phi) is 8.27. The fraction of sp³-hybridized carbons (Fsp3) is 0.417. The van der Waals surface area contributed by atoms with E-state index < -0.39 is 12.2 Å². The summed E-state index contributed by atoms with van der Waals surface area (Å²) in [4.78, 5) is 25.8. The fourth-order valence-corrected chi connectivity index (χ4v) is 3.21. The lowest BCUT2D eigenvalue weighted by Crippen LogP contribution is -2.36. The Morgan fingerprint density at radius 1 is 1.07 bits per heavy atom. The number of amides is 2. The van der Waals surface area contributed by atoms with Crippen molar-refractivity contribution in [2.45, 2.75) is 45.6 Å². The van der Waals surface area contributed by atoms with Gasteiger partial charge in [0.25, 0.3) is 0 Å². The number of anilines is 1. The summed E-state index contributed by atoms with van der Waals surface area (Å²) in [6.45, 7) is 10.2. The summed E-state index contributed by atoms with van der Waals surface area (Å²) >= 11 is 0. The molecule has 2 aromatic carbocycles. The molecule has 2 aromatic rings. The average molecular weight is 412 g/mol. The highest BCUT2D eigenvalue weighted by Crippen LogP contribution is 2.24. The van der Waals surface area contributed by atoms with Gasteiger partial charge in [-0.1, -0.05) is 63.2 Å². The lowest BCUT2D eigenvalue weighted by atomic mass is 9.87. The van der Waals surface area contributed by atoms with Crippen LogP contribution in [0.25, 0.3) is 0 Å². The third kappa shape index (κ3) is 7.10. The molecular formula is C24H33N3O3. The molecule has 0 aliphatic heterocycles. The topological polar surface area (TPSA) is 84.7 Å². The molecule has 0 aromatic heterocycles. The van der Waals surface area contributed by atoms with Crippen LogP contribution in [0.3, 0.4) is 0 Å². The third-order valence-electron chi connectivity index (χ3n) is 4.99. The van der Waals surface area contributed by atoms with Gasteiger partial charge in [-0.3, -0.25) is 4.79 Å². The number of carbonyl (C=O) groups excluding carboxylic acids is 2. The molecule has 30 heavy (non-hydrogen) atoms. The van der Waals surface area contributed by atoms with Gasteiger partial charge in [0.1, 0.15) is 6.10 Å². The highest BCUT2D eigenvalue weighted by Gasteiger charge is 2.22. The number of ether oxygens (including phenoxy) is 1. The van der Waals surface area contributed by atoms with Crippen LogP contribution in [0.4, 0.5) is 10.5 Å². The van der Waals surface area contributed by atoms with Gasteiger partial charge in [-0.15, -0.1) is 0 Å². The largest absolute Gasteiger partial charge is 0.441 e. The SMILES string of the molecule is CCN(CCNc1ccc(C(C)(C)C)cc1)C(=O)CC(OC(N)=O)c1ccccc1. The van der Waals surface area contributed by atoms with Crippen LogP contribution >= 0.6 is 0 Å². The van der Waals surface area contributed by atoms with Crippen molar-refractivity contribution >= 4 is 17.7 Å². The second-order valence-electron chi connectivity index (χ2n) is 8.27. The van der Waals surface area contributed by atoms with E-state index in [0.717, 1.165) is 11.3 Å². The van der Waals surface area contributed by atoms with Gasteiger partial charge >= 0.3 is 6.09 Å². The summed E-state index contributed by atoms with van der Waals surface area (Å²) in [5, 5.41) is 3.36. The number of hydrogen-bond donors (Lipinski definition) is 2. The summed E-state index contributed by atoms with van der Waals surface area (Å²) in [7, 11) is 0. The molecule has 1 unspecified atom stereocenters. The quantitative estimate of drug-likeness (QED) is 0.637. The fourth-order valence-electron chi connectivity index (χ4n) is 3.21. The van der Waals surface area contributed by atoms with Crippen LogP contribution in [0, 0.1) is 0 Å². The monoisotopic (exact) mass is 411 g/mol. The van der Waals surface area contributed by atoms with Gasteiger partial charge in [0.05, 0.1) is 6.42 Å². The highest BCUT2D eigenvalue weighted by atomic mass is 16.6. The number of primary amides is 1. The molecule has 2 rings (SSSR count). The smallest absolute Gasteiger partial charge is 0.405 e. The Labute approximate surface area is 179 Å². The molecule has 162 valence electrons. The van der Waals surface area contributed by atoms with Gasteiger partial charge in [0, 0.05) is 25.3 Å². The van der Waals surface area contributed by atoms with Gasteiger partial charge in [-0.2, -0.15) is 0 Å². The second-order valence-corrected chi connectivity index (χ2v) is 8.27. The predicted octanol–water partition coefficient (Wildman–Crippen LogP) is 4.47. The van der Waals surface area contributed by atoms with Gasteiger partial charge in [0.15, 0.2) is 0 Å². The van der Waals surface area contributed by atoms with Crippen molar-refractivity contribution in [3.63, 3.8) is 0 Å². The van der Waals surface area contributed by atoms with Crippen molar-refractivity contribution in [1.29, 1.82) is 0 Å². The first-order chi connectivity index (χ1) is 14.2. The van der Waals surface area contributed by atoms with Crippen molar-refractivity contribution in [1.82, 2.24) is 4.90 Å². The molecule has 0 spiro atoms. The van der Waals surface area contributed by atoms with Crippen LogP contribution in [0.5, 0.6) is 0 Å². The van der Waals surface area contributed by atoms with E-state index in [2.05, 4.69) is 50.4 Å². The summed E-state index contributed by atoms with van der Waals surface area (Å²) in [5.74, 6) is -0.0857. The van der Waals surface area contributed by atoms with Crippen LogP contribution in [-0.4, -0.2) is 36.5 Å². The zero-order valence-electron chi connectivity index (χ0n) is 18.4. The Hall–Kier alpha value is -3.02. The van der Waals surface area contributed by atoms with Crippen LogP contribution in [-0.2, 0) is 14.9 Å². The van der Waals surface area contributed by atoms with Crippen molar-refractivity contribution in [2.75, 3.05) is 25.0 Å². The van der Waals surface area contributed by atoms with E-state index in [0.29, 0.717) is 19.6 Å². The Bertz CT molecular complexity index is 814. The number of likely N-dealkylation sites (N-methyl/N-ethyl adjacent to an activating group) is 1. The van der Waals surface area contributed by atoms with Crippen LogP contribution in [0.15, 0.2) is 54.6 Å². The zero-order valence-corrected chi connectivity index (χ0v) is 18.4. The van der Waals surface area contributed by atoms with Crippen LogP contribution in [0.1, 0.15) is 51.3 Å². The standard InChI is InChI=1S/C24H33N3O3/c1-5-27(16-15-26-20-13-11-19(12-14-20)24(2,3)4)22(28)17-21(30-23(25)29)18-9-7-6-8-10-18/h6-14,21,26H,5,15-17H2,1-4H3,(H2,25,29). The van der Waals surface area contributed by atoms with E-state index in [4.69, 9.17) is 10.5 Å². The first-order valence-electron chi connectivity index (χ1n) is 10.3. The van der Waals surface area contributed by atoms with Crippen molar-refractivity contribution in [2.24, 2.45) is 5.73 Å². The van der Waals surface area contributed by atoms with E-state index in [9.17, 15) is 9.59 Å². The lowest BCUT2D eigenvalue weighted by Gasteiger charge is -2.24. The van der Waals surface area contributed by atoms with E-state index >= 15 is 0 Å². The number of nitrogens with two attached hydrogens (primary N) is 1. The normalized spacial score (nSPS) is 12.1. The summed E-state index contributed by atoms with van der Waals surface area (Å²) in [6, 6.07) is 17.5. The van der Waals surface area contributed by atoms with Gasteiger partial charge in [0.2, 0.25) is 5.91 Å². The molecule has 1 atom stereocenters. The highest BCUT2D eigenvalue weighted by molar-refractivity contribution is 5.77. The van der Waals surface area contributed by atoms with E-state index in [1.807, 2.05) is 37.3 Å². The second kappa shape index (κ2) is 10.7. The molecule has 3 N–H and O–H groups in total. The van der Waals surface area contributed by atoms with Crippen molar-refractivity contribution < 1.29 is 14.3 Å². The molecule has 0 aliphatic carbocycles. The molecule has 0 heterocycles. The van der Waals surface area contributed by atoms with Gasteiger partial charge in [-0.25, -0.2) is 4.79 Å². The minimum atomic E-state index is -0.889. The molecule has 0 fully saturated rings. The van der Waals surface area contributed by atoms with Crippen LogP contribution in [0.2, 0.25) is 0 Å². The van der Waals surface area contributed by atoms with E-state index in [1.54, 1.807) is 4.90 Å². The number of hydrogen-bond acceptors (Lipinski definition) is 4. The number of nitrogens with one attached hydrogen (secondary N) is 1. The Balaban J connectivity index is 1.92. The third-order valence-corrected chi connectivity index (χ3v) is 4.99. The summed E-state index contributed by atoms with van der Waals surface area (Å²) < 4.78 is 5.19. The summed E-state index contributed by atoms with van der Waals surface area (Å²) in [6.07, 6.45) is -1.52. The van der Waals surface area contributed by atoms with Crippen molar-refractivity contribution in [3.05, 3.63) is 65.7 Å². The number of carbonyl (C=O) groups is 2. The Morgan fingerprint density at radius 3 is 2.23 bits per heavy atom. The number of benzene rings is 2. The molecule has 0 bridgehead atoms. The molecule has 0 radical (unpaired) electrons. The summed E-state index contributed by atoms with van der Waals surface area (Å²) in [5.41, 5.74) is 8.36. The maximum atomic E-state index is 12.8. The first-order valence-corrected chi connectivity index (χ1v) is 10.3. The lowest BCUT2D eigenvalue weighted by molar-refractivity contribution is -0.133. The van der Waals surface area contributed by atoms with Gasteiger partial charge in [-0.05, 0) is 35.6 Å². The van der Waals surface area contributed by atoms with Crippen molar-refractivity contribution in [3.8, 4) is 0 Å². The molecule has 0 saturated carbocycles.